The molecule has 23 heavy (non-hydrogen) atoms. The second-order valence-corrected chi connectivity index (χ2v) is 5.71. The summed E-state index contributed by atoms with van der Waals surface area (Å²) in [5.74, 6) is 0.295. The summed E-state index contributed by atoms with van der Waals surface area (Å²) in [4.78, 5) is 24.4. The Morgan fingerprint density at radius 2 is 2.09 bits per heavy atom. The van der Waals surface area contributed by atoms with Gasteiger partial charge in [-0.2, -0.15) is 0 Å². The molecule has 3 rings (SSSR count). The molecule has 0 aromatic carbocycles. The average Bonchev–Trinajstić information content (AvgIpc) is 2.61. The molecule has 0 N–H and O–H groups in total. The van der Waals surface area contributed by atoms with Gasteiger partial charge in [-0.15, -0.1) is 0 Å². The lowest BCUT2D eigenvalue weighted by atomic mass is 10.0. The lowest BCUT2D eigenvalue weighted by molar-refractivity contribution is 0.0712. The van der Waals surface area contributed by atoms with Crippen LogP contribution in [0.1, 0.15) is 23.2 Å². The average molecular weight is 314 g/mol. The summed E-state index contributed by atoms with van der Waals surface area (Å²) in [5, 5.41) is 0. The Balaban J connectivity index is 1.61. The molecule has 1 aliphatic rings. The number of hydrogen-bond donors (Lipinski definition) is 0. The van der Waals surface area contributed by atoms with E-state index in [4.69, 9.17) is 0 Å². The topological polar surface area (TPSA) is 49.3 Å². The third-order valence-electron chi connectivity index (χ3n) is 4.26. The number of amides is 1. The van der Waals surface area contributed by atoms with Gasteiger partial charge in [0, 0.05) is 38.6 Å². The molecule has 2 aromatic rings. The number of carbonyl (C=O) groups is 1. The summed E-state index contributed by atoms with van der Waals surface area (Å²) in [6.45, 7) is 1.30. The fourth-order valence-corrected chi connectivity index (χ4v) is 2.92. The molecular weight excluding hydrogens is 295 g/mol. The van der Waals surface area contributed by atoms with Gasteiger partial charge in [0.25, 0.3) is 5.91 Å². The first-order valence-corrected chi connectivity index (χ1v) is 7.69. The van der Waals surface area contributed by atoms with Gasteiger partial charge in [-0.05, 0) is 31.0 Å². The number of rotatable bonds is 3. The number of piperidine rings is 1. The van der Waals surface area contributed by atoms with Crippen LogP contribution in [0.15, 0.2) is 42.9 Å². The minimum absolute atomic E-state index is 0.157. The van der Waals surface area contributed by atoms with Gasteiger partial charge in [0.05, 0.1) is 11.8 Å². The summed E-state index contributed by atoms with van der Waals surface area (Å²) < 4.78 is 13.2. The van der Waals surface area contributed by atoms with E-state index in [1.54, 1.807) is 11.1 Å². The van der Waals surface area contributed by atoms with Crippen molar-refractivity contribution in [3.05, 3.63) is 54.2 Å². The van der Waals surface area contributed by atoms with Crippen LogP contribution in [0.3, 0.4) is 0 Å². The van der Waals surface area contributed by atoms with Gasteiger partial charge in [0.1, 0.15) is 11.6 Å². The second-order valence-electron chi connectivity index (χ2n) is 5.71. The van der Waals surface area contributed by atoms with Crippen LogP contribution in [0.5, 0.6) is 0 Å². The predicted octanol–water partition coefficient (Wildman–Crippen LogP) is 2.36. The van der Waals surface area contributed by atoms with Gasteiger partial charge in [0.15, 0.2) is 0 Å². The van der Waals surface area contributed by atoms with Gasteiger partial charge in [-0.1, -0.05) is 6.07 Å². The third kappa shape index (κ3) is 3.47. The molecule has 0 spiro atoms. The number of likely N-dealkylation sites (tertiary alicyclic amines) is 1. The van der Waals surface area contributed by atoms with Crippen molar-refractivity contribution in [2.75, 3.05) is 25.0 Å². The van der Waals surface area contributed by atoms with Crippen LogP contribution in [-0.2, 0) is 0 Å². The molecule has 0 bridgehead atoms. The molecule has 3 heterocycles. The van der Waals surface area contributed by atoms with E-state index in [2.05, 4.69) is 14.9 Å². The molecule has 1 aliphatic heterocycles. The summed E-state index contributed by atoms with van der Waals surface area (Å²) in [5.41, 5.74) is 0.307. The first-order valence-electron chi connectivity index (χ1n) is 7.69. The second kappa shape index (κ2) is 6.73. The largest absolute Gasteiger partial charge is 0.357 e. The van der Waals surface area contributed by atoms with E-state index in [0.717, 1.165) is 24.9 Å². The van der Waals surface area contributed by atoms with Crippen molar-refractivity contribution in [3.8, 4) is 0 Å². The Kier molecular flexibility index (Phi) is 4.50. The molecule has 2 aromatic heterocycles. The quantitative estimate of drug-likeness (QED) is 0.872. The van der Waals surface area contributed by atoms with E-state index in [9.17, 15) is 9.18 Å². The van der Waals surface area contributed by atoms with Crippen molar-refractivity contribution in [2.24, 2.45) is 0 Å². The molecule has 0 radical (unpaired) electrons. The Bertz CT molecular complexity index is 671. The number of aromatic nitrogens is 2. The van der Waals surface area contributed by atoms with Gasteiger partial charge >= 0.3 is 0 Å². The highest BCUT2D eigenvalue weighted by Crippen LogP contribution is 2.21. The van der Waals surface area contributed by atoms with Crippen molar-refractivity contribution in [2.45, 2.75) is 18.9 Å². The van der Waals surface area contributed by atoms with E-state index in [0.29, 0.717) is 24.7 Å². The number of hydrogen-bond acceptors (Lipinski definition) is 4. The predicted molar refractivity (Wildman–Crippen MR) is 85.8 cm³/mol. The van der Waals surface area contributed by atoms with Crippen molar-refractivity contribution in [1.29, 1.82) is 0 Å². The fourth-order valence-electron chi connectivity index (χ4n) is 2.92. The van der Waals surface area contributed by atoms with Crippen LogP contribution in [0.2, 0.25) is 0 Å². The molecule has 1 fully saturated rings. The molecule has 0 saturated carbocycles. The van der Waals surface area contributed by atoms with Crippen molar-refractivity contribution in [3.63, 3.8) is 0 Å². The summed E-state index contributed by atoms with van der Waals surface area (Å²) >= 11 is 0. The van der Waals surface area contributed by atoms with Gasteiger partial charge in [-0.25, -0.2) is 9.37 Å². The normalized spacial score (nSPS) is 15.5. The highest BCUT2D eigenvalue weighted by atomic mass is 19.1. The smallest absolute Gasteiger partial charge is 0.255 e. The first kappa shape index (κ1) is 15.4. The Hall–Kier alpha value is -2.50. The molecule has 0 unspecified atom stereocenters. The zero-order valence-electron chi connectivity index (χ0n) is 13.0. The SMILES string of the molecule is CN(c1ccccn1)C1CCN(C(=O)c2cncc(F)c2)CC1. The number of pyridine rings is 2. The van der Waals surface area contributed by atoms with E-state index in [1.807, 2.05) is 25.2 Å². The van der Waals surface area contributed by atoms with Crippen LogP contribution in [0.4, 0.5) is 10.2 Å². The third-order valence-corrected chi connectivity index (χ3v) is 4.26. The van der Waals surface area contributed by atoms with Crippen LogP contribution in [0, 0.1) is 5.82 Å². The van der Waals surface area contributed by atoms with E-state index in [-0.39, 0.29) is 5.91 Å². The zero-order valence-corrected chi connectivity index (χ0v) is 13.0. The molecule has 1 saturated heterocycles. The number of carbonyl (C=O) groups excluding carboxylic acids is 1. The maximum absolute atomic E-state index is 13.2. The molecule has 0 atom stereocenters. The molecule has 5 nitrogen and oxygen atoms in total. The van der Waals surface area contributed by atoms with E-state index >= 15 is 0 Å². The van der Waals surface area contributed by atoms with E-state index < -0.39 is 5.82 Å². The maximum atomic E-state index is 13.2. The van der Waals surface area contributed by atoms with Crippen LogP contribution in [0.25, 0.3) is 0 Å². The molecule has 1 amide bonds. The maximum Gasteiger partial charge on any atom is 0.255 e. The standard InChI is InChI=1S/C17H19FN4O/c1-21(16-4-2-3-7-20-16)15-5-8-22(9-6-15)17(23)13-10-14(18)12-19-11-13/h2-4,7,10-12,15H,5-6,8-9H2,1H3. The monoisotopic (exact) mass is 314 g/mol. The minimum atomic E-state index is -0.486. The van der Waals surface area contributed by atoms with Crippen LogP contribution < -0.4 is 4.90 Å². The van der Waals surface area contributed by atoms with E-state index in [1.165, 1.54) is 12.3 Å². The van der Waals surface area contributed by atoms with Crippen LogP contribution in [-0.4, -0.2) is 47.0 Å². The molecule has 6 heteroatoms. The highest BCUT2D eigenvalue weighted by molar-refractivity contribution is 5.94. The lowest BCUT2D eigenvalue weighted by Gasteiger charge is -2.37. The van der Waals surface area contributed by atoms with Crippen molar-refractivity contribution < 1.29 is 9.18 Å². The Labute approximate surface area is 134 Å². The summed E-state index contributed by atoms with van der Waals surface area (Å²) in [6.07, 6.45) is 6.02. The lowest BCUT2D eigenvalue weighted by Crippen LogP contribution is -2.45. The Morgan fingerprint density at radius 1 is 1.30 bits per heavy atom. The molecule has 0 aliphatic carbocycles. The fraction of sp³-hybridized carbons (Fsp3) is 0.353. The molecular formula is C17H19FN4O. The number of anilines is 1. The van der Waals surface area contributed by atoms with Crippen molar-refractivity contribution in [1.82, 2.24) is 14.9 Å². The zero-order chi connectivity index (χ0) is 16.2. The summed E-state index contributed by atoms with van der Waals surface area (Å²) in [7, 11) is 2.03. The van der Waals surface area contributed by atoms with Crippen molar-refractivity contribution >= 4 is 11.7 Å². The summed E-state index contributed by atoms with van der Waals surface area (Å²) in [6, 6.07) is 7.43. The highest BCUT2D eigenvalue weighted by Gasteiger charge is 2.26. The van der Waals surface area contributed by atoms with Gasteiger partial charge in [0.2, 0.25) is 0 Å². The minimum Gasteiger partial charge on any atom is -0.357 e. The van der Waals surface area contributed by atoms with Gasteiger partial charge in [-0.3, -0.25) is 9.78 Å². The first-order chi connectivity index (χ1) is 11.1. The van der Waals surface area contributed by atoms with Gasteiger partial charge < -0.3 is 9.80 Å². The number of nitrogens with zero attached hydrogens (tertiary/aromatic N) is 4. The Morgan fingerprint density at radius 3 is 2.74 bits per heavy atom. The number of halogens is 1. The molecule has 120 valence electrons. The van der Waals surface area contributed by atoms with Crippen LogP contribution >= 0.6 is 0 Å².